The van der Waals surface area contributed by atoms with Gasteiger partial charge in [0.1, 0.15) is 0 Å². The molecule has 0 saturated heterocycles. The molecule has 166 valence electrons. The minimum absolute atomic E-state index is 0.00426. The van der Waals surface area contributed by atoms with Crippen LogP contribution in [-0.4, -0.2) is 25.6 Å². The van der Waals surface area contributed by atoms with Crippen molar-refractivity contribution in [3.05, 3.63) is 110 Å². The summed E-state index contributed by atoms with van der Waals surface area (Å²) in [6.45, 7) is 0.144. The van der Waals surface area contributed by atoms with Gasteiger partial charge in [0.15, 0.2) is 11.0 Å². The molecule has 0 radical (unpaired) electrons. The van der Waals surface area contributed by atoms with Crippen LogP contribution in [0.25, 0.3) is 5.69 Å². The highest BCUT2D eigenvalue weighted by molar-refractivity contribution is 9.10. The molecule has 0 aliphatic rings. The Bertz CT molecular complexity index is 1260. The Morgan fingerprint density at radius 1 is 1.00 bits per heavy atom. The highest BCUT2D eigenvalue weighted by Gasteiger charge is 2.17. The number of halogens is 1. The third-order valence-corrected chi connectivity index (χ3v) is 6.27. The topological polar surface area (TPSA) is 103 Å². The van der Waals surface area contributed by atoms with E-state index in [4.69, 9.17) is 0 Å². The van der Waals surface area contributed by atoms with Crippen LogP contribution in [0.3, 0.4) is 0 Å². The molecule has 0 aliphatic carbocycles. The molecular weight excluding hydrogens is 506 g/mol. The van der Waals surface area contributed by atoms with Crippen LogP contribution in [0.2, 0.25) is 0 Å². The largest absolute Gasteiger partial charge is 0.345 e. The van der Waals surface area contributed by atoms with E-state index in [1.54, 1.807) is 41.0 Å². The summed E-state index contributed by atoms with van der Waals surface area (Å²) < 4.78 is 2.69. The number of carbonyl (C=O) groups excluding carboxylic acids is 1. The fourth-order valence-corrected chi connectivity index (χ4v) is 4.27. The molecule has 0 atom stereocenters. The third kappa shape index (κ3) is 5.65. The number of non-ortho nitro benzene ring substituents is 1. The Morgan fingerprint density at radius 2 is 1.70 bits per heavy atom. The van der Waals surface area contributed by atoms with Gasteiger partial charge in [-0.15, -0.1) is 10.2 Å². The van der Waals surface area contributed by atoms with E-state index in [2.05, 4.69) is 31.4 Å². The van der Waals surface area contributed by atoms with Gasteiger partial charge in [-0.1, -0.05) is 58.0 Å². The van der Waals surface area contributed by atoms with Gasteiger partial charge < -0.3 is 5.32 Å². The van der Waals surface area contributed by atoms with Crippen LogP contribution >= 0.6 is 27.7 Å². The lowest BCUT2D eigenvalue weighted by atomic mass is 10.2. The lowest BCUT2D eigenvalue weighted by Crippen LogP contribution is -2.24. The summed E-state index contributed by atoms with van der Waals surface area (Å²) in [4.78, 5) is 23.2. The molecule has 1 N–H and O–H groups in total. The number of nitro groups is 1. The molecule has 0 saturated carbocycles. The Hall–Kier alpha value is -3.50. The van der Waals surface area contributed by atoms with Gasteiger partial charge in [-0.05, 0) is 42.0 Å². The van der Waals surface area contributed by atoms with E-state index in [-0.39, 0.29) is 18.1 Å². The second-order valence-corrected chi connectivity index (χ2v) is 8.83. The van der Waals surface area contributed by atoms with Crippen LogP contribution < -0.4 is 5.32 Å². The number of nitrogens with one attached hydrogen (secondary N) is 1. The molecule has 4 rings (SSSR count). The molecule has 1 aromatic heterocycles. The van der Waals surface area contributed by atoms with Crippen LogP contribution in [0, 0.1) is 10.1 Å². The van der Waals surface area contributed by atoms with Gasteiger partial charge in [0.2, 0.25) is 0 Å². The smallest absolute Gasteiger partial charge is 0.269 e. The van der Waals surface area contributed by atoms with E-state index in [0.29, 0.717) is 28.0 Å². The number of nitrogens with zero attached hydrogens (tertiary/aromatic N) is 4. The molecule has 0 bridgehead atoms. The van der Waals surface area contributed by atoms with Crippen molar-refractivity contribution >= 4 is 39.3 Å². The molecule has 4 aromatic rings. The van der Waals surface area contributed by atoms with Crippen LogP contribution in [0.1, 0.15) is 21.7 Å². The van der Waals surface area contributed by atoms with Gasteiger partial charge >= 0.3 is 0 Å². The SMILES string of the molecule is O=C(NCc1nnc(SCc2ccccc2)n1-c1ccc([N+](=O)[O-])cc1)c1ccc(Br)cc1. The minimum atomic E-state index is -0.444. The molecule has 0 fully saturated rings. The van der Waals surface area contributed by atoms with Crippen molar-refractivity contribution in [3.63, 3.8) is 0 Å². The monoisotopic (exact) mass is 523 g/mol. The van der Waals surface area contributed by atoms with Crippen LogP contribution in [0.15, 0.2) is 88.5 Å². The minimum Gasteiger partial charge on any atom is -0.345 e. The maximum Gasteiger partial charge on any atom is 0.269 e. The van der Waals surface area contributed by atoms with Crippen LogP contribution in [0.4, 0.5) is 5.69 Å². The molecule has 1 heterocycles. The van der Waals surface area contributed by atoms with Gasteiger partial charge in [0.05, 0.1) is 11.5 Å². The zero-order valence-corrected chi connectivity index (χ0v) is 19.6. The number of hydrogen-bond acceptors (Lipinski definition) is 6. The second-order valence-electron chi connectivity index (χ2n) is 6.97. The van der Waals surface area contributed by atoms with Crippen molar-refractivity contribution in [1.29, 1.82) is 0 Å². The van der Waals surface area contributed by atoms with Gasteiger partial charge in [0.25, 0.3) is 11.6 Å². The van der Waals surface area contributed by atoms with Crippen LogP contribution in [-0.2, 0) is 12.3 Å². The summed E-state index contributed by atoms with van der Waals surface area (Å²) in [7, 11) is 0. The average Bonchev–Trinajstić information content (AvgIpc) is 3.25. The normalized spacial score (nSPS) is 10.7. The zero-order valence-electron chi connectivity index (χ0n) is 17.2. The number of carbonyl (C=O) groups is 1. The number of nitro benzene ring substituents is 1. The Labute approximate surface area is 202 Å². The Balaban J connectivity index is 1.58. The maximum atomic E-state index is 12.6. The molecule has 3 aromatic carbocycles. The lowest BCUT2D eigenvalue weighted by molar-refractivity contribution is -0.384. The van der Waals surface area contributed by atoms with Crippen molar-refractivity contribution < 1.29 is 9.72 Å². The van der Waals surface area contributed by atoms with Crippen molar-refractivity contribution in [2.45, 2.75) is 17.5 Å². The molecule has 0 aliphatic heterocycles. The van der Waals surface area contributed by atoms with Gasteiger partial charge in [0, 0.05) is 33.6 Å². The number of amides is 1. The molecule has 10 heteroatoms. The summed E-state index contributed by atoms with van der Waals surface area (Å²) >= 11 is 4.85. The molecule has 0 unspecified atom stereocenters. The summed E-state index contributed by atoms with van der Waals surface area (Å²) in [5.74, 6) is 0.959. The first-order valence-electron chi connectivity index (χ1n) is 9.91. The number of hydrogen-bond donors (Lipinski definition) is 1. The van der Waals surface area contributed by atoms with Crippen molar-refractivity contribution in [2.24, 2.45) is 0 Å². The van der Waals surface area contributed by atoms with E-state index < -0.39 is 4.92 Å². The van der Waals surface area contributed by atoms with Gasteiger partial charge in [-0.2, -0.15) is 0 Å². The highest BCUT2D eigenvalue weighted by atomic mass is 79.9. The second kappa shape index (κ2) is 10.4. The quantitative estimate of drug-likeness (QED) is 0.194. The lowest BCUT2D eigenvalue weighted by Gasteiger charge is -2.11. The molecule has 1 amide bonds. The Morgan fingerprint density at radius 3 is 2.36 bits per heavy atom. The molecular formula is C23H18BrN5O3S. The fraction of sp³-hybridized carbons (Fsp3) is 0.0870. The number of rotatable bonds is 8. The molecule has 33 heavy (non-hydrogen) atoms. The van der Waals surface area contributed by atoms with Crippen LogP contribution in [0.5, 0.6) is 0 Å². The van der Waals surface area contributed by atoms with E-state index in [1.807, 2.05) is 30.3 Å². The average molecular weight is 524 g/mol. The van der Waals surface area contributed by atoms with Gasteiger partial charge in [-0.25, -0.2) is 0 Å². The van der Waals surface area contributed by atoms with Crippen molar-refractivity contribution in [1.82, 2.24) is 20.1 Å². The first-order chi connectivity index (χ1) is 16.0. The van der Waals surface area contributed by atoms with Gasteiger partial charge in [-0.3, -0.25) is 19.5 Å². The van der Waals surface area contributed by atoms with E-state index in [0.717, 1.165) is 10.0 Å². The zero-order chi connectivity index (χ0) is 23.2. The summed E-state index contributed by atoms with van der Waals surface area (Å²) in [5, 5.41) is 23.1. The molecule has 8 nitrogen and oxygen atoms in total. The van der Waals surface area contributed by atoms with E-state index in [1.165, 1.54) is 23.9 Å². The van der Waals surface area contributed by atoms with Crippen molar-refractivity contribution in [2.75, 3.05) is 0 Å². The molecule has 0 spiro atoms. The summed E-state index contributed by atoms with van der Waals surface area (Å²) in [5.41, 5.74) is 2.33. The van der Waals surface area contributed by atoms with Crippen molar-refractivity contribution in [3.8, 4) is 5.69 Å². The maximum absolute atomic E-state index is 12.6. The third-order valence-electron chi connectivity index (χ3n) is 4.74. The first kappa shape index (κ1) is 22.7. The fourth-order valence-electron chi connectivity index (χ4n) is 3.08. The Kier molecular flexibility index (Phi) is 7.16. The number of aromatic nitrogens is 3. The number of thioether (sulfide) groups is 1. The number of benzene rings is 3. The standard InChI is InChI=1S/C23H18BrN5O3S/c24-18-8-6-17(7-9-18)22(30)25-14-21-26-27-23(33-15-16-4-2-1-3-5-16)28(21)19-10-12-20(13-11-19)29(31)32/h1-13H,14-15H2,(H,25,30). The first-order valence-corrected chi connectivity index (χ1v) is 11.7. The van der Waals surface area contributed by atoms with E-state index in [9.17, 15) is 14.9 Å². The van der Waals surface area contributed by atoms with E-state index >= 15 is 0 Å². The summed E-state index contributed by atoms with van der Waals surface area (Å²) in [6, 6.07) is 23.2. The highest BCUT2D eigenvalue weighted by Crippen LogP contribution is 2.26. The predicted octanol–water partition coefficient (Wildman–Crippen LogP) is 5.16. The summed E-state index contributed by atoms with van der Waals surface area (Å²) in [6.07, 6.45) is 0. The predicted molar refractivity (Wildman–Crippen MR) is 129 cm³/mol.